The van der Waals surface area contributed by atoms with Crippen LogP contribution in [0.4, 0.5) is 0 Å². The molecule has 2 rings (SSSR count). The lowest BCUT2D eigenvalue weighted by Gasteiger charge is -2.12. The maximum absolute atomic E-state index is 12.0. The second-order valence-electron chi connectivity index (χ2n) is 5.95. The van der Waals surface area contributed by atoms with Gasteiger partial charge in [0.25, 0.3) is 0 Å². The molecule has 0 saturated heterocycles. The Morgan fingerprint density at radius 2 is 1.60 bits per heavy atom. The Morgan fingerprint density at radius 3 is 2.24 bits per heavy atom. The zero-order valence-electron chi connectivity index (χ0n) is 14.8. The molecule has 132 valence electrons. The number of esters is 1. The molecule has 0 unspecified atom stereocenters. The summed E-state index contributed by atoms with van der Waals surface area (Å²) >= 11 is 0. The minimum absolute atomic E-state index is 0.115. The van der Waals surface area contributed by atoms with Crippen molar-refractivity contribution in [2.24, 2.45) is 5.92 Å². The monoisotopic (exact) mass is 338 g/mol. The first-order chi connectivity index (χ1) is 12.3. The maximum Gasteiger partial charge on any atom is 0.308 e. The maximum atomic E-state index is 12.0. The van der Waals surface area contributed by atoms with Crippen LogP contribution < -0.4 is 0 Å². The first kappa shape index (κ1) is 18.9. The molecule has 0 amide bonds. The molecular weight excluding hydrogens is 312 g/mol. The van der Waals surface area contributed by atoms with E-state index < -0.39 is 0 Å². The van der Waals surface area contributed by atoms with Crippen molar-refractivity contribution in [1.29, 1.82) is 0 Å². The van der Waals surface area contributed by atoms with E-state index in [4.69, 9.17) is 9.47 Å². The van der Waals surface area contributed by atoms with Gasteiger partial charge in [-0.2, -0.15) is 0 Å². The zero-order chi connectivity index (χ0) is 17.7. The van der Waals surface area contributed by atoms with Gasteiger partial charge in [-0.15, -0.1) is 0 Å². The first-order valence-electron chi connectivity index (χ1n) is 8.68. The van der Waals surface area contributed by atoms with E-state index in [0.29, 0.717) is 19.6 Å². The fourth-order valence-electron chi connectivity index (χ4n) is 2.63. The molecule has 1 atom stereocenters. The van der Waals surface area contributed by atoms with E-state index in [-0.39, 0.29) is 11.9 Å². The van der Waals surface area contributed by atoms with Crippen LogP contribution in [0, 0.1) is 5.92 Å². The van der Waals surface area contributed by atoms with Crippen LogP contribution in [0.1, 0.15) is 24.0 Å². The van der Waals surface area contributed by atoms with Crippen LogP contribution in [-0.2, 0) is 27.3 Å². The molecule has 0 aromatic heterocycles. The fraction of sp³-hybridized carbons (Fsp3) is 0.318. The number of ether oxygens (including phenoxy) is 2. The van der Waals surface area contributed by atoms with Crippen LogP contribution in [0.25, 0.3) is 0 Å². The summed E-state index contributed by atoms with van der Waals surface area (Å²) in [7, 11) is 1.45. The Labute approximate surface area is 150 Å². The summed E-state index contributed by atoms with van der Waals surface area (Å²) < 4.78 is 10.5. The van der Waals surface area contributed by atoms with Crippen LogP contribution in [0.5, 0.6) is 0 Å². The van der Waals surface area contributed by atoms with Gasteiger partial charge in [0.05, 0.1) is 26.2 Å². The third kappa shape index (κ3) is 7.36. The van der Waals surface area contributed by atoms with Crippen LogP contribution in [0.3, 0.4) is 0 Å². The van der Waals surface area contributed by atoms with E-state index in [2.05, 4.69) is 12.1 Å². The summed E-state index contributed by atoms with van der Waals surface area (Å²) in [5.41, 5.74) is 2.40. The number of benzene rings is 2. The fourth-order valence-corrected chi connectivity index (χ4v) is 2.63. The molecule has 0 spiro atoms. The van der Waals surface area contributed by atoms with Crippen LogP contribution >= 0.6 is 0 Å². The smallest absolute Gasteiger partial charge is 0.308 e. The standard InChI is InChI=1S/C22H26O3/c1-24-22(23)21(16-15-19-10-4-2-5-11-19)14-8-9-17-25-18-20-12-6-3-7-13-20/h2-13,21H,14-18H2,1H3/b9-8-/t21-/m0/s1. The summed E-state index contributed by atoms with van der Waals surface area (Å²) in [6.07, 6.45) is 6.32. The van der Waals surface area contributed by atoms with Gasteiger partial charge in [0, 0.05) is 0 Å². The highest BCUT2D eigenvalue weighted by atomic mass is 16.5. The Kier molecular flexibility index (Phi) is 8.50. The molecule has 2 aromatic rings. The molecule has 0 saturated carbocycles. The third-order valence-electron chi connectivity index (χ3n) is 4.07. The number of methoxy groups -OCH3 is 1. The van der Waals surface area contributed by atoms with Gasteiger partial charge in [-0.05, 0) is 30.4 Å². The van der Waals surface area contributed by atoms with Crippen molar-refractivity contribution in [3.05, 3.63) is 83.9 Å². The summed E-state index contributed by atoms with van der Waals surface area (Å²) in [5.74, 6) is -0.263. The van der Waals surface area contributed by atoms with Crippen molar-refractivity contribution in [3.63, 3.8) is 0 Å². The molecule has 3 nitrogen and oxygen atoms in total. The predicted molar refractivity (Wildman–Crippen MR) is 100 cm³/mol. The molecular formula is C22H26O3. The number of hydrogen-bond acceptors (Lipinski definition) is 3. The Hall–Kier alpha value is -2.39. The largest absolute Gasteiger partial charge is 0.469 e. The van der Waals surface area contributed by atoms with Gasteiger partial charge in [-0.1, -0.05) is 72.8 Å². The van der Waals surface area contributed by atoms with Gasteiger partial charge in [0.15, 0.2) is 0 Å². The molecule has 0 bridgehead atoms. The van der Waals surface area contributed by atoms with Crippen molar-refractivity contribution in [2.75, 3.05) is 13.7 Å². The molecule has 0 fully saturated rings. The molecule has 0 radical (unpaired) electrons. The van der Waals surface area contributed by atoms with Gasteiger partial charge in [0.1, 0.15) is 0 Å². The van der Waals surface area contributed by atoms with E-state index in [9.17, 15) is 4.79 Å². The summed E-state index contributed by atoms with van der Waals surface area (Å²) in [6.45, 7) is 1.14. The van der Waals surface area contributed by atoms with Crippen LogP contribution in [-0.4, -0.2) is 19.7 Å². The molecule has 0 heterocycles. The number of aryl methyl sites for hydroxylation is 1. The van der Waals surface area contributed by atoms with E-state index in [1.165, 1.54) is 12.7 Å². The van der Waals surface area contributed by atoms with Crippen molar-refractivity contribution in [2.45, 2.75) is 25.9 Å². The lowest BCUT2D eigenvalue weighted by Crippen LogP contribution is -2.16. The molecule has 0 N–H and O–H groups in total. The highest BCUT2D eigenvalue weighted by Crippen LogP contribution is 2.16. The van der Waals surface area contributed by atoms with Crippen molar-refractivity contribution in [3.8, 4) is 0 Å². The normalized spacial score (nSPS) is 12.2. The number of allylic oxidation sites excluding steroid dienone is 1. The minimum Gasteiger partial charge on any atom is -0.469 e. The number of carbonyl (C=O) groups excluding carboxylic acids is 1. The predicted octanol–water partition coefficient (Wildman–Crippen LogP) is 4.57. The van der Waals surface area contributed by atoms with Crippen molar-refractivity contribution in [1.82, 2.24) is 0 Å². The number of carbonyl (C=O) groups is 1. The zero-order valence-corrected chi connectivity index (χ0v) is 14.8. The van der Waals surface area contributed by atoms with Crippen molar-refractivity contribution < 1.29 is 14.3 Å². The second-order valence-corrected chi connectivity index (χ2v) is 5.95. The van der Waals surface area contributed by atoms with Gasteiger partial charge in [-0.25, -0.2) is 0 Å². The molecule has 0 aliphatic carbocycles. The summed E-state index contributed by atoms with van der Waals surface area (Å²) in [4.78, 5) is 12.0. The highest BCUT2D eigenvalue weighted by molar-refractivity contribution is 5.72. The highest BCUT2D eigenvalue weighted by Gasteiger charge is 2.17. The Balaban J connectivity index is 1.72. The van der Waals surface area contributed by atoms with Gasteiger partial charge < -0.3 is 9.47 Å². The Morgan fingerprint density at radius 1 is 0.960 bits per heavy atom. The van der Waals surface area contributed by atoms with Gasteiger partial charge >= 0.3 is 5.97 Å². The second kappa shape index (κ2) is 11.2. The molecule has 2 aromatic carbocycles. The number of rotatable bonds is 10. The molecule has 25 heavy (non-hydrogen) atoms. The van der Waals surface area contributed by atoms with Crippen LogP contribution in [0.2, 0.25) is 0 Å². The lowest BCUT2D eigenvalue weighted by atomic mass is 9.96. The van der Waals surface area contributed by atoms with E-state index in [1.54, 1.807) is 0 Å². The first-order valence-corrected chi connectivity index (χ1v) is 8.68. The van der Waals surface area contributed by atoms with E-state index in [1.807, 2.05) is 60.7 Å². The molecule has 3 heteroatoms. The average molecular weight is 338 g/mol. The average Bonchev–Trinajstić information content (AvgIpc) is 2.67. The van der Waals surface area contributed by atoms with E-state index in [0.717, 1.165) is 18.4 Å². The quantitative estimate of drug-likeness (QED) is 0.362. The van der Waals surface area contributed by atoms with E-state index >= 15 is 0 Å². The van der Waals surface area contributed by atoms with Crippen molar-refractivity contribution >= 4 is 5.97 Å². The summed E-state index contributed by atoms with van der Waals surface area (Å²) in [5, 5.41) is 0. The van der Waals surface area contributed by atoms with Gasteiger partial charge in [0.2, 0.25) is 0 Å². The number of hydrogen-bond donors (Lipinski definition) is 0. The lowest BCUT2D eigenvalue weighted by molar-refractivity contribution is -0.145. The Bertz CT molecular complexity index is 635. The third-order valence-corrected chi connectivity index (χ3v) is 4.07. The topological polar surface area (TPSA) is 35.5 Å². The minimum atomic E-state index is -0.147. The molecule has 0 aliphatic heterocycles. The van der Waals surface area contributed by atoms with Crippen LogP contribution in [0.15, 0.2) is 72.8 Å². The molecule has 0 aliphatic rings. The van der Waals surface area contributed by atoms with Gasteiger partial charge in [-0.3, -0.25) is 4.79 Å². The summed E-state index contributed by atoms with van der Waals surface area (Å²) in [6, 6.07) is 20.3. The SMILES string of the molecule is COC(=O)[C@@H](C/C=C\COCc1ccccc1)CCc1ccccc1.